The molecule has 0 spiro atoms. The number of nitrogens with zero attached hydrogens (tertiary/aromatic N) is 3. The largest absolute Gasteiger partial charge is 0.368 e. The Kier molecular flexibility index (Phi) is 8.22. The number of halogens is 3. The highest BCUT2D eigenvalue weighted by molar-refractivity contribution is 5.86. The molecule has 0 saturated carbocycles. The minimum Gasteiger partial charge on any atom is -0.368 e. The molecule has 3 heterocycles. The summed E-state index contributed by atoms with van der Waals surface area (Å²) in [5.41, 5.74) is 7.92. The molecule has 25 heavy (non-hydrogen) atoms. The minimum absolute atomic E-state index is 0. The van der Waals surface area contributed by atoms with Crippen LogP contribution in [0.3, 0.4) is 0 Å². The highest BCUT2D eigenvalue weighted by Crippen LogP contribution is 2.30. The highest BCUT2D eigenvalue weighted by atomic mass is 35.5. The second kappa shape index (κ2) is 9.43. The molecule has 0 amide bonds. The lowest BCUT2D eigenvalue weighted by atomic mass is 9.94. The van der Waals surface area contributed by atoms with Crippen LogP contribution in [-0.4, -0.2) is 35.6 Å². The molecule has 2 fully saturated rings. The second-order valence-electron chi connectivity index (χ2n) is 6.20. The Morgan fingerprint density at radius 1 is 1.04 bits per heavy atom. The lowest BCUT2D eigenvalue weighted by molar-refractivity contribution is 0.340. The van der Waals surface area contributed by atoms with Crippen LogP contribution < -0.4 is 16.0 Å². The number of benzene rings is 1. The molecule has 1 aromatic carbocycles. The number of piperidine rings is 1. The first-order valence-corrected chi connectivity index (χ1v) is 7.98. The summed E-state index contributed by atoms with van der Waals surface area (Å²) in [6.45, 7) is 3.20. The SMILES string of the molecule is Cl.Cl.Cl.Nc1nc(-c2ccccc2)cc(N2C[C@H]3CCCN[C@H]3C2)n1. The van der Waals surface area contributed by atoms with Gasteiger partial charge in [0.1, 0.15) is 5.82 Å². The Labute approximate surface area is 167 Å². The maximum Gasteiger partial charge on any atom is 0.222 e. The van der Waals surface area contributed by atoms with Crippen molar-refractivity contribution in [2.75, 3.05) is 30.3 Å². The van der Waals surface area contributed by atoms with E-state index in [2.05, 4.69) is 38.4 Å². The Bertz CT molecular complexity index is 657. The van der Waals surface area contributed by atoms with Crippen LogP contribution in [0, 0.1) is 5.92 Å². The first-order valence-electron chi connectivity index (χ1n) is 7.98. The Balaban J connectivity index is 0.00000104. The fourth-order valence-corrected chi connectivity index (χ4v) is 3.61. The van der Waals surface area contributed by atoms with Crippen LogP contribution in [0.2, 0.25) is 0 Å². The van der Waals surface area contributed by atoms with Crippen molar-refractivity contribution in [2.45, 2.75) is 18.9 Å². The molecule has 2 atom stereocenters. The molecule has 0 bridgehead atoms. The molecule has 0 unspecified atom stereocenters. The molecule has 0 aliphatic carbocycles. The van der Waals surface area contributed by atoms with Gasteiger partial charge < -0.3 is 16.0 Å². The molecule has 0 radical (unpaired) electrons. The summed E-state index contributed by atoms with van der Waals surface area (Å²) in [6.07, 6.45) is 2.58. The van der Waals surface area contributed by atoms with Crippen LogP contribution in [0.4, 0.5) is 11.8 Å². The van der Waals surface area contributed by atoms with Crippen molar-refractivity contribution in [2.24, 2.45) is 5.92 Å². The summed E-state index contributed by atoms with van der Waals surface area (Å²) in [6, 6.07) is 12.8. The average Bonchev–Trinajstić information content (AvgIpc) is 2.99. The molecule has 2 aliphatic heterocycles. The first-order chi connectivity index (χ1) is 10.8. The van der Waals surface area contributed by atoms with Crippen LogP contribution in [0.5, 0.6) is 0 Å². The van der Waals surface area contributed by atoms with Gasteiger partial charge in [-0.05, 0) is 25.3 Å². The van der Waals surface area contributed by atoms with E-state index in [1.807, 2.05) is 18.2 Å². The van der Waals surface area contributed by atoms with Crippen molar-refractivity contribution in [1.82, 2.24) is 15.3 Å². The zero-order valence-electron chi connectivity index (χ0n) is 13.8. The monoisotopic (exact) mass is 403 g/mol. The van der Waals surface area contributed by atoms with E-state index < -0.39 is 0 Å². The average molecular weight is 405 g/mol. The third-order valence-electron chi connectivity index (χ3n) is 4.72. The number of aromatic nitrogens is 2. The smallest absolute Gasteiger partial charge is 0.222 e. The number of nitrogen functional groups attached to an aromatic ring is 1. The molecule has 8 heteroatoms. The Morgan fingerprint density at radius 2 is 1.80 bits per heavy atom. The van der Waals surface area contributed by atoms with E-state index in [0.717, 1.165) is 42.6 Å². The molecule has 1 aromatic heterocycles. The normalized spacial score (nSPS) is 21.4. The van der Waals surface area contributed by atoms with Crippen LogP contribution >= 0.6 is 37.2 Å². The number of nitrogens with one attached hydrogen (secondary N) is 1. The van der Waals surface area contributed by atoms with Crippen LogP contribution in [0.1, 0.15) is 12.8 Å². The van der Waals surface area contributed by atoms with E-state index in [4.69, 9.17) is 5.73 Å². The molecule has 4 rings (SSSR count). The number of rotatable bonds is 2. The van der Waals surface area contributed by atoms with E-state index >= 15 is 0 Å². The van der Waals surface area contributed by atoms with Crippen molar-refractivity contribution in [3.63, 3.8) is 0 Å². The lowest BCUT2D eigenvalue weighted by Gasteiger charge is -2.24. The van der Waals surface area contributed by atoms with E-state index in [-0.39, 0.29) is 37.2 Å². The number of anilines is 2. The fraction of sp³-hybridized carbons (Fsp3) is 0.412. The third-order valence-corrected chi connectivity index (χ3v) is 4.72. The quantitative estimate of drug-likeness (QED) is 0.804. The number of fused-ring (bicyclic) bond motifs is 1. The van der Waals surface area contributed by atoms with Gasteiger partial charge in [0, 0.05) is 30.8 Å². The molecule has 2 aliphatic rings. The van der Waals surface area contributed by atoms with Gasteiger partial charge in [-0.25, -0.2) is 4.98 Å². The van der Waals surface area contributed by atoms with Crippen molar-refractivity contribution in [3.8, 4) is 11.3 Å². The molecular weight excluding hydrogens is 381 g/mol. The standard InChI is InChI=1S/C17H21N5.3ClH/c18-17-20-14(12-5-2-1-3-6-12)9-16(21-17)22-10-13-7-4-8-19-15(13)11-22;;;/h1-3,5-6,9,13,15,19H,4,7-8,10-11H2,(H2,18,20,21);3*1H/t13-,15+;;;/m1.../s1. The van der Waals surface area contributed by atoms with E-state index in [0.29, 0.717) is 12.0 Å². The van der Waals surface area contributed by atoms with Gasteiger partial charge >= 0.3 is 0 Å². The zero-order valence-corrected chi connectivity index (χ0v) is 16.2. The summed E-state index contributed by atoms with van der Waals surface area (Å²) in [5, 5.41) is 3.63. The predicted molar refractivity (Wildman–Crippen MR) is 110 cm³/mol. The van der Waals surface area contributed by atoms with Crippen LogP contribution in [0.15, 0.2) is 36.4 Å². The molecular formula is C17H24Cl3N5. The Hall–Kier alpha value is -1.27. The van der Waals surface area contributed by atoms with Gasteiger partial charge in [-0.15, -0.1) is 37.2 Å². The van der Waals surface area contributed by atoms with Gasteiger partial charge in [-0.1, -0.05) is 30.3 Å². The minimum atomic E-state index is 0. The summed E-state index contributed by atoms with van der Waals surface area (Å²) in [4.78, 5) is 11.2. The maximum absolute atomic E-state index is 5.95. The number of hydrogen-bond donors (Lipinski definition) is 2. The Morgan fingerprint density at radius 3 is 2.52 bits per heavy atom. The van der Waals surface area contributed by atoms with Crippen LogP contribution in [0.25, 0.3) is 11.3 Å². The number of hydrogen-bond acceptors (Lipinski definition) is 5. The van der Waals surface area contributed by atoms with Crippen molar-refractivity contribution in [3.05, 3.63) is 36.4 Å². The van der Waals surface area contributed by atoms with E-state index in [1.54, 1.807) is 0 Å². The van der Waals surface area contributed by atoms with E-state index in [9.17, 15) is 0 Å². The summed E-state index contributed by atoms with van der Waals surface area (Å²) in [5.74, 6) is 2.02. The summed E-state index contributed by atoms with van der Waals surface area (Å²) >= 11 is 0. The van der Waals surface area contributed by atoms with Gasteiger partial charge in [0.2, 0.25) is 5.95 Å². The van der Waals surface area contributed by atoms with Gasteiger partial charge in [-0.2, -0.15) is 4.98 Å². The lowest BCUT2D eigenvalue weighted by Crippen LogP contribution is -2.40. The van der Waals surface area contributed by atoms with Crippen molar-refractivity contribution >= 4 is 49.0 Å². The molecule has 5 nitrogen and oxygen atoms in total. The third kappa shape index (κ3) is 4.67. The van der Waals surface area contributed by atoms with Gasteiger partial charge in [-0.3, -0.25) is 0 Å². The van der Waals surface area contributed by atoms with Gasteiger partial charge in [0.25, 0.3) is 0 Å². The number of nitrogens with two attached hydrogens (primary N) is 1. The molecule has 2 aromatic rings. The predicted octanol–water partition coefficient (Wildman–Crippen LogP) is 3.18. The molecule has 3 N–H and O–H groups in total. The van der Waals surface area contributed by atoms with Crippen molar-refractivity contribution in [1.29, 1.82) is 0 Å². The first kappa shape index (κ1) is 21.8. The van der Waals surface area contributed by atoms with E-state index in [1.165, 1.54) is 12.8 Å². The second-order valence-corrected chi connectivity index (χ2v) is 6.20. The molecule has 2 saturated heterocycles. The maximum atomic E-state index is 5.95. The van der Waals surface area contributed by atoms with Gasteiger partial charge in [0.15, 0.2) is 0 Å². The highest BCUT2D eigenvalue weighted by Gasteiger charge is 2.35. The zero-order chi connectivity index (χ0) is 14.9. The van der Waals surface area contributed by atoms with Crippen molar-refractivity contribution < 1.29 is 0 Å². The fourth-order valence-electron chi connectivity index (χ4n) is 3.61. The van der Waals surface area contributed by atoms with Crippen LogP contribution in [-0.2, 0) is 0 Å². The van der Waals surface area contributed by atoms with Gasteiger partial charge in [0.05, 0.1) is 5.69 Å². The molecule has 138 valence electrons. The topological polar surface area (TPSA) is 67.1 Å². The summed E-state index contributed by atoms with van der Waals surface area (Å²) < 4.78 is 0. The summed E-state index contributed by atoms with van der Waals surface area (Å²) in [7, 11) is 0.